The van der Waals surface area contributed by atoms with Gasteiger partial charge in [0.15, 0.2) is 0 Å². The first-order valence-electron chi connectivity index (χ1n) is 14.8. The lowest BCUT2D eigenvalue weighted by molar-refractivity contribution is 0.142. The highest BCUT2D eigenvalue weighted by molar-refractivity contribution is 7.99. The molecule has 0 amide bonds. The summed E-state index contributed by atoms with van der Waals surface area (Å²) in [4.78, 5) is 4.89. The van der Waals surface area contributed by atoms with Crippen molar-refractivity contribution in [2.24, 2.45) is 0 Å². The summed E-state index contributed by atoms with van der Waals surface area (Å²) in [5, 5.41) is 0. The minimum absolute atomic E-state index is 0.398. The zero-order chi connectivity index (χ0) is 28.2. The van der Waals surface area contributed by atoms with Crippen LogP contribution in [-0.4, -0.2) is 92.1 Å². The molecule has 1 fully saturated rings. The third-order valence-electron chi connectivity index (χ3n) is 6.79. The number of nitrogens with zero attached hydrogens (tertiary/aromatic N) is 3. The second-order valence-corrected chi connectivity index (χ2v) is 13.8. The summed E-state index contributed by atoms with van der Waals surface area (Å²) in [6, 6.07) is 0. The van der Waals surface area contributed by atoms with Gasteiger partial charge in [-0.1, -0.05) is 34.9 Å². The topological polar surface area (TPSA) is 45.3 Å². The van der Waals surface area contributed by atoms with Crippen LogP contribution < -0.4 is 0 Å². The molecule has 8 heteroatoms. The molecule has 0 N–H and O–H groups in total. The molecule has 1 rings (SSSR count). The van der Waals surface area contributed by atoms with E-state index >= 15 is 0 Å². The van der Waals surface area contributed by atoms with Gasteiger partial charge >= 0.3 is 7.75 Å². The molecule has 6 nitrogen and oxygen atoms in total. The number of rotatable bonds is 21. The van der Waals surface area contributed by atoms with E-state index in [1.54, 1.807) is 0 Å². The Bertz CT molecular complexity index is 750. The molecule has 0 unspecified atom stereocenters. The van der Waals surface area contributed by atoms with Crippen molar-refractivity contribution < 1.29 is 13.6 Å². The molecule has 38 heavy (non-hydrogen) atoms. The molecular weight excluding hydrogens is 513 g/mol. The van der Waals surface area contributed by atoms with Crippen LogP contribution >= 0.6 is 19.5 Å². The maximum Gasteiger partial charge on any atom is 0.408 e. The minimum atomic E-state index is -3.24. The normalized spacial score (nSPS) is 16.4. The Labute approximate surface area is 239 Å². The smallest absolute Gasteiger partial charge is 0.304 e. The highest BCUT2D eigenvalue weighted by Crippen LogP contribution is 2.52. The van der Waals surface area contributed by atoms with Gasteiger partial charge in [0.25, 0.3) is 0 Å². The molecule has 0 aromatic rings. The first-order chi connectivity index (χ1) is 18.2. The zero-order valence-electron chi connectivity index (χ0n) is 25.7. The third kappa shape index (κ3) is 16.6. The van der Waals surface area contributed by atoms with E-state index in [2.05, 4.69) is 62.8 Å². The Morgan fingerprint density at radius 1 is 0.868 bits per heavy atom. The molecule has 222 valence electrons. The molecule has 1 saturated heterocycles. The quantitative estimate of drug-likeness (QED) is 0.0796. The van der Waals surface area contributed by atoms with Crippen LogP contribution in [0, 0.1) is 0 Å². The number of piperazine rings is 1. The van der Waals surface area contributed by atoms with Gasteiger partial charge in [0, 0.05) is 45.0 Å². The average molecular weight is 572 g/mol. The van der Waals surface area contributed by atoms with Crippen molar-refractivity contribution in [1.82, 2.24) is 14.5 Å². The van der Waals surface area contributed by atoms with Crippen molar-refractivity contribution in [2.75, 3.05) is 77.6 Å². The summed E-state index contributed by atoms with van der Waals surface area (Å²) in [6.45, 7) is 20.4. The number of hydrogen-bond donors (Lipinski definition) is 0. The highest BCUT2D eigenvalue weighted by Gasteiger charge is 2.32. The molecule has 1 aliphatic rings. The fourth-order valence-electron chi connectivity index (χ4n) is 4.40. The maximum absolute atomic E-state index is 13.5. The van der Waals surface area contributed by atoms with Crippen LogP contribution in [0.3, 0.4) is 0 Å². The Kier molecular flexibility index (Phi) is 20.0. The van der Waals surface area contributed by atoms with Crippen LogP contribution in [0.5, 0.6) is 0 Å². The molecule has 0 atom stereocenters. The van der Waals surface area contributed by atoms with E-state index in [1.165, 1.54) is 16.7 Å². The highest BCUT2D eigenvalue weighted by atomic mass is 32.2. The summed E-state index contributed by atoms with van der Waals surface area (Å²) in [6.07, 6.45) is 13.6. The van der Waals surface area contributed by atoms with E-state index in [1.807, 2.05) is 30.3 Å². The van der Waals surface area contributed by atoms with E-state index in [0.29, 0.717) is 13.2 Å². The maximum atomic E-state index is 13.5. The molecule has 1 aliphatic heterocycles. The number of thioether (sulfide) groups is 1. The van der Waals surface area contributed by atoms with Crippen molar-refractivity contribution in [1.29, 1.82) is 0 Å². The van der Waals surface area contributed by atoms with Crippen LogP contribution in [-0.2, 0) is 13.6 Å². The molecule has 0 spiro atoms. The molecule has 0 aliphatic carbocycles. The molecule has 0 bridgehead atoms. The second-order valence-electron chi connectivity index (χ2n) is 10.6. The Hall–Kier alpha value is -0.400. The third-order valence-corrected chi connectivity index (χ3v) is 10.0. The lowest BCUT2D eigenvalue weighted by Crippen LogP contribution is -2.45. The van der Waals surface area contributed by atoms with E-state index < -0.39 is 7.75 Å². The first kappa shape index (κ1) is 35.6. The summed E-state index contributed by atoms with van der Waals surface area (Å²) >= 11 is 1.95. The van der Waals surface area contributed by atoms with E-state index in [-0.39, 0.29) is 0 Å². The predicted octanol–water partition coefficient (Wildman–Crippen LogP) is 7.65. The van der Waals surface area contributed by atoms with Crippen molar-refractivity contribution in [3.63, 3.8) is 0 Å². The lowest BCUT2D eigenvalue weighted by atomic mass is 10.1. The van der Waals surface area contributed by atoms with E-state index in [4.69, 9.17) is 9.05 Å². The van der Waals surface area contributed by atoms with Crippen molar-refractivity contribution in [3.05, 3.63) is 34.9 Å². The zero-order valence-corrected chi connectivity index (χ0v) is 27.4. The van der Waals surface area contributed by atoms with Crippen LogP contribution in [0.15, 0.2) is 34.9 Å². The summed E-state index contributed by atoms with van der Waals surface area (Å²) in [5.74, 6) is 2.08. The summed E-state index contributed by atoms with van der Waals surface area (Å²) in [7, 11) is -1.05. The Morgan fingerprint density at radius 3 is 2.05 bits per heavy atom. The van der Waals surface area contributed by atoms with Gasteiger partial charge in [-0.05, 0) is 99.4 Å². The predicted molar refractivity (Wildman–Crippen MR) is 168 cm³/mol. The van der Waals surface area contributed by atoms with E-state index in [0.717, 1.165) is 95.8 Å². The molecule has 0 aromatic carbocycles. The number of hydrogen-bond acceptors (Lipinski definition) is 6. The SMILES string of the molecule is CCOP(=O)(OCC)N(CCCSC/C=C(\C)CC/C=C(\C)CCC=C(C)C)CCCN1CCN(C)CC1. The number of likely N-dealkylation sites (N-methyl/N-ethyl adjacent to an activating group) is 1. The Balaban J connectivity index is 2.41. The van der Waals surface area contributed by atoms with Gasteiger partial charge in [-0.15, -0.1) is 0 Å². The van der Waals surface area contributed by atoms with Gasteiger partial charge in [-0.3, -0.25) is 9.05 Å². The summed E-state index contributed by atoms with van der Waals surface area (Å²) < 4.78 is 26.9. The van der Waals surface area contributed by atoms with Crippen LogP contribution in [0.25, 0.3) is 0 Å². The van der Waals surface area contributed by atoms with Crippen molar-refractivity contribution in [2.45, 2.75) is 80.1 Å². The fourth-order valence-corrected chi connectivity index (χ4v) is 7.13. The molecule has 0 radical (unpaired) electrons. The van der Waals surface area contributed by atoms with Crippen LogP contribution in [0.2, 0.25) is 0 Å². The van der Waals surface area contributed by atoms with Gasteiger partial charge in [-0.25, -0.2) is 9.24 Å². The monoisotopic (exact) mass is 571 g/mol. The van der Waals surface area contributed by atoms with Gasteiger partial charge in [0.2, 0.25) is 0 Å². The van der Waals surface area contributed by atoms with Crippen molar-refractivity contribution >= 4 is 19.5 Å². The minimum Gasteiger partial charge on any atom is -0.304 e. The largest absolute Gasteiger partial charge is 0.408 e. The fraction of sp³-hybridized carbons (Fsp3) is 0.800. The standard InChI is InChI=1S/C30H58N3O3PS/c1-8-35-37(34,36-9-2)33(20-12-19-32-24-22-31(7)23-25-32)21-13-26-38-27-18-30(6)17-11-16-29(5)15-10-14-28(3)4/h14,16,18H,8-13,15,17,19-27H2,1-7H3/b29-16+,30-18+. The molecule has 1 heterocycles. The van der Waals surface area contributed by atoms with Gasteiger partial charge in [0.1, 0.15) is 0 Å². The average Bonchev–Trinajstić information content (AvgIpc) is 2.86. The van der Waals surface area contributed by atoms with Gasteiger partial charge < -0.3 is 9.80 Å². The lowest BCUT2D eigenvalue weighted by Gasteiger charge is -2.34. The second kappa shape index (κ2) is 21.4. The molecule has 0 aromatic heterocycles. The molecular formula is C30H58N3O3PS. The van der Waals surface area contributed by atoms with Crippen molar-refractivity contribution in [3.8, 4) is 0 Å². The van der Waals surface area contributed by atoms with Crippen LogP contribution in [0.4, 0.5) is 0 Å². The van der Waals surface area contributed by atoms with Gasteiger partial charge in [-0.2, -0.15) is 11.8 Å². The molecule has 0 saturated carbocycles. The van der Waals surface area contributed by atoms with Crippen LogP contribution in [0.1, 0.15) is 80.1 Å². The van der Waals surface area contributed by atoms with E-state index in [9.17, 15) is 4.57 Å². The Morgan fingerprint density at radius 2 is 1.45 bits per heavy atom. The summed E-state index contributed by atoms with van der Waals surface area (Å²) in [5.41, 5.74) is 4.36. The first-order valence-corrected chi connectivity index (χ1v) is 17.4. The van der Waals surface area contributed by atoms with Gasteiger partial charge in [0.05, 0.1) is 13.2 Å². The number of allylic oxidation sites excluding steroid dienone is 5.